The van der Waals surface area contributed by atoms with Gasteiger partial charge in [0.25, 0.3) is 0 Å². The Kier molecular flexibility index (Phi) is 6.63. The predicted octanol–water partition coefficient (Wildman–Crippen LogP) is 5.85. The molecule has 1 N–H and O–H groups in total. The highest BCUT2D eigenvalue weighted by Crippen LogP contribution is 2.33. The molecule has 0 radical (unpaired) electrons. The van der Waals surface area contributed by atoms with Crippen molar-refractivity contribution in [3.63, 3.8) is 0 Å². The van der Waals surface area contributed by atoms with Crippen molar-refractivity contribution in [3.8, 4) is 23.0 Å². The van der Waals surface area contributed by atoms with Gasteiger partial charge in [-0.3, -0.25) is 0 Å². The summed E-state index contributed by atoms with van der Waals surface area (Å²) in [7, 11) is 0. The van der Waals surface area contributed by atoms with Crippen molar-refractivity contribution in [3.05, 3.63) is 42.0 Å². The van der Waals surface area contributed by atoms with Gasteiger partial charge in [-0.15, -0.1) is 0 Å². The minimum Gasteiger partial charge on any atom is -0.491 e. The molecule has 0 aliphatic heterocycles. The van der Waals surface area contributed by atoms with Gasteiger partial charge in [0.15, 0.2) is 23.0 Å². The van der Waals surface area contributed by atoms with Gasteiger partial charge in [-0.05, 0) is 64.7 Å². The second kappa shape index (κ2) is 9.48. The Balaban J connectivity index is 1.42. The monoisotopic (exact) mass is 474 g/mol. The molecule has 9 heteroatoms. The molecule has 7 nitrogen and oxygen atoms in total. The highest BCUT2D eigenvalue weighted by Gasteiger charge is 2.23. The number of fused-ring (bicyclic) bond motifs is 1. The van der Waals surface area contributed by atoms with Crippen molar-refractivity contribution in [2.45, 2.75) is 52.2 Å². The van der Waals surface area contributed by atoms with E-state index >= 15 is 0 Å². The average molecular weight is 475 g/mol. The molecule has 1 aromatic heterocycles. The molecule has 1 atom stereocenters. The van der Waals surface area contributed by atoms with Crippen LogP contribution in [0.4, 0.5) is 13.6 Å². The fraction of sp³-hybridized carbons (Fsp3) is 0.440. The smallest absolute Gasteiger partial charge is 0.407 e. The maximum Gasteiger partial charge on any atom is 0.407 e. The number of ether oxygens (including phenoxy) is 3. The minimum atomic E-state index is -0.639. The molecule has 1 aliphatic rings. The summed E-state index contributed by atoms with van der Waals surface area (Å²) in [5.74, 6) is -0.204. The van der Waals surface area contributed by atoms with Gasteiger partial charge in [-0.25, -0.2) is 18.6 Å². The van der Waals surface area contributed by atoms with Crippen LogP contribution < -0.4 is 14.8 Å². The van der Waals surface area contributed by atoms with Gasteiger partial charge in [-0.2, -0.15) is 0 Å². The number of carbonyl (C=O) groups is 1. The largest absolute Gasteiger partial charge is 0.491 e. The summed E-state index contributed by atoms with van der Waals surface area (Å²) in [6.45, 7) is 7.62. The van der Waals surface area contributed by atoms with Crippen molar-refractivity contribution >= 4 is 17.2 Å². The molecule has 2 aromatic carbocycles. The molecule has 3 aromatic rings. The van der Waals surface area contributed by atoms with Gasteiger partial charge >= 0.3 is 6.09 Å². The van der Waals surface area contributed by atoms with Crippen molar-refractivity contribution in [2.24, 2.45) is 5.92 Å². The third kappa shape index (κ3) is 6.15. The fourth-order valence-electron chi connectivity index (χ4n) is 3.19. The van der Waals surface area contributed by atoms with E-state index < -0.39 is 23.3 Å². The van der Waals surface area contributed by atoms with E-state index in [1.807, 2.05) is 0 Å². The number of alkyl carbamates (subject to hydrolysis) is 1. The van der Waals surface area contributed by atoms with E-state index in [4.69, 9.17) is 18.6 Å². The van der Waals surface area contributed by atoms with E-state index in [1.165, 1.54) is 24.3 Å². The first-order valence-corrected chi connectivity index (χ1v) is 11.2. The van der Waals surface area contributed by atoms with E-state index in [0.717, 1.165) is 12.8 Å². The lowest BCUT2D eigenvalue weighted by Crippen LogP contribution is -2.40. The molecule has 1 aliphatic carbocycles. The van der Waals surface area contributed by atoms with Gasteiger partial charge in [0.05, 0.1) is 12.6 Å². The maximum absolute atomic E-state index is 14.6. The minimum absolute atomic E-state index is 0.0109. The van der Waals surface area contributed by atoms with E-state index in [9.17, 15) is 13.6 Å². The predicted molar refractivity (Wildman–Crippen MR) is 122 cm³/mol. The first kappa shape index (κ1) is 23.8. The number of nitrogens with one attached hydrogen (secondary N) is 1. The summed E-state index contributed by atoms with van der Waals surface area (Å²) in [6.07, 6.45) is 1.65. The SMILES string of the molecule is C[C@@H](COc1cc(F)c2nc(-c3ccc(OCC4CC4)c(F)c3)oc2c1)NC(=O)OC(C)(C)C. The van der Waals surface area contributed by atoms with Crippen LogP contribution in [0.25, 0.3) is 22.6 Å². The zero-order chi connectivity index (χ0) is 24.5. The zero-order valence-electron chi connectivity index (χ0n) is 19.6. The van der Waals surface area contributed by atoms with E-state index in [0.29, 0.717) is 18.1 Å². The molecule has 0 bridgehead atoms. The van der Waals surface area contributed by atoms with E-state index in [2.05, 4.69) is 10.3 Å². The number of rotatable bonds is 8. The molecular formula is C25H28F2N2O5. The first-order chi connectivity index (χ1) is 16.1. The number of hydrogen-bond donors (Lipinski definition) is 1. The number of carbonyl (C=O) groups excluding carboxylic acids is 1. The Morgan fingerprint density at radius 1 is 1.18 bits per heavy atom. The molecule has 34 heavy (non-hydrogen) atoms. The van der Waals surface area contributed by atoms with Crippen LogP contribution >= 0.6 is 0 Å². The lowest BCUT2D eigenvalue weighted by Gasteiger charge is -2.22. The topological polar surface area (TPSA) is 82.8 Å². The number of oxazole rings is 1. The number of amides is 1. The van der Waals surface area contributed by atoms with Gasteiger partial charge in [0.1, 0.15) is 23.5 Å². The third-order valence-electron chi connectivity index (χ3n) is 5.04. The number of nitrogens with zero attached hydrogens (tertiary/aromatic N) is 1. The van der Waals surface area contributed by atoms with Crippen molar-refractivity contribution in [1.82, 2.24) is 10.3 Å². The second-order valence-electron chi connectivity index (χ2n) is 9.53. The summed E-state index contributed by atoms with van der Waals surface area (Å²) < 4.78 is 51.1. The van der Waals surface area contributed by atoms with Crippen LogP contribution in [0.5, 0.6) is 11.5 Å². The molecule has 1 saturated carbocycles. The average Bonchev–Trinajstić information content (AvgIpc) is 3.46. The molecule has 1 heterocycles. The summed E-state index contributed by atoms with van der Waals surface area (Å²) in [6, 6.07) is 6.69. The standard InChI is InChI=1S/C25H28F2N2O5/c1-14(28-24(30)34-25(2,3)4)12-31-17-10-19(27)22-21(11-17)33-23(29-22)16-7-8-20(18(26)9-16)32-13-15-5-6-15/h7-11,14-15H,5-6,12-13H2,1-4H3,(H,28,30)/t14-/m0/s1. The highest BCUT2D eigenvalue weighted by atomic mass is 19.1. The second-order valence-corrected chi connectivity index (χ2v) is 9.53. The zero-order valence-corrected chi connectivity index (χ0v) is 19.6. The number of hydrogen-bond acceptors (Lipinski definition) is 6. The van der Waals surface area contributed by atoms with Gasteiger partial charge in [-0.1, -0.05) is 0 Å². The first-order valence-electron chi connectivity index (χ1n) is 11.2. The third-order valence-corrected chi connectivity index (χ3v) is 5.04. The quantitative estimate of drug-likeness (QED) is 0.441. The molecule has 1 fully saturated rings. The number of halogens is 2. The van der Waals surface area contributed by atoms with Crippen LogP contribution in [0, 0.1) is 17.6 Å². The Morgan fingerprint density at radius 3 is 2.62 bits per heavy atom. The Labute approximate surface area is 196 Å². The van der Waals surface area contributed by atoms with Crippen molar-refractivity contribution < 1.29 is 32.2 Å². The summed E-state index contributed by atoms with van der Waals surface area (Å²) >= 11 is 0. The molecule has 4 rings (SSSR count). The fourth-order valence-corrected chi connectivity index (χ4v) is 3.19. The molecular weight excluding hydrogens is 446 g/mol. The van der Waals surface area contributed by atoms with Gasteiger partial charge in [0, 0.05) is 17.7 Å². The van der Waals surface area contributed by atoms with Crippen LogP contribution in [-0.2, 0) is 4.74 Å². The molecule has 182 valence electrons. The lowest BCUT2D eigenvalue weighted by molar-refractivity contribution is 0.0494. The Morgan fingerprint density at radius 2 is 1.94 bits per heavy atom. The van der Waals surface area contributed by atoms with Crippen LogP contribution in [0.2, 0.25) is 0 Å². The number of benzene rings is 2. The highest BCUT2D eigenvalue weighted by molar-refractivity contribution is 5.78. The van der Waals surface area contributed by atoms with Crippen LogP contribution in [0.1, 0.15) is 40.5 Å². The summed E-state index contributed by atoms with van der Waals surface area (Å²) in [5, 5.41) is 2.65. The molecule has 1 amide bonds. The Bertz CT molecular complexity index is 1180. The summed E-state index contributed by atoms with van der Waals surface area (Å²) in [5.41, 5.74) is -0.0798. The van der Waals surface area contributed by atoms with Crippen molar-refractivity contribution in [1.29, 1.82) is 0 Å². The maximum atomic E-state index is 14.6. The van der Waals surface area contributed by atoms with Crippen LogP contribution in [-0.4, -0.2) is 35.9 Å². The van der Waals surface area contributed by atoms with Crippen molar-refractivity contribution in [2.75, 3.05) is 13.2 Å². The van der Waals surface area contributed by atoms with E-state index in [1.54, 1.807) is 33.8 Å². The Hall–Kier alpha value is -3.36. The van der Waals surface area contributed by atoms with Crippen LogP contribution in [0.15, 0.2) is 34.7 Å². The van der Waals surface area contributed by atoms with Gasteiger partial charge < -0.3 is 23.9 Å². The lowest BCUT2D eigenvalue weighted by atomic mass is 10.2. The molecule has 0 saturated heterocycles. The van der Waals surface area contributed by atoms with Crippen LogP contribution in [0.3, 0.4) is 0 Å². The van der Waals surface area contributed by atoms with Gasteiger partial charge in [0.2, 0.25) is 5.89 Å². The summed E-state index contributed by atoms with van der Waals surface area (Å²) in [4.78, 5) is 16.0. The number of aromatic nitrogens is 1. The van der Waals surface area contributed by atoms with E-state index in [-0.39, 0.29) is 41.1 Å². The normalized spacial score (nSPS) is 14.6. The molecule has 0 spiro atoms. The molecule has 0 unspecified atom stereocenters.